The molecule has 0 unspecified atom stereocenters. The van der Waals surface area contributed by atoms with Crippen molar-refractivity contribution in [3.63, 3.8) is 0 Å². The van der Waals surface area contributed by atoms with Crippen LogP contribution in [0.3, 0.4) is 0 Å². The highest BCUT2D eigenvalue weighted by Gasteiger charge is 2.29. The summed E-state index contributed by atoms with van der Waals surface area (Å²) in [6.07, 6.45) is 2.44. The van der Waals surface area contributed by atoms with Crippen LogP contribution in [0, 0.1) is 0 Å². The molecular weight excluding hydrogens is 236 g/mol. The number of amides is 1. The van der Waals surface area contributed by atoms with Crippen LogP contribution in [0.15, 0.2) is 5.16 Å². The van der Waals surface area contributed by atoms with Gasteiger partial charge >= 0.3 is 0 Å². The minimum absolute atomic E-state index is 0.0520. The number of aromatic nitrogens is 3. The van der Waals surface area contributed by atoms with Crippen LogP contribution in [0.2, 0.25) is 0 Å². The first-order valence-corrected chi connectivity index (χ1v) is 7.07. The van der Waals surface area contributed by atoms with Gasteiger partial charge in [-0.05, 0) is 26.7 Å². The standard InChI is InChI=1S/C11H18N4OS/c1-3-12-9(16)7-17-11-14-13-10(8-5-6-8)15(11)4-2/h8H,3-7H2,1-2H3,(H,12,16). The van der Waals surface area contributed by atoms with Crippen molar-refractivity contribution in [2.45, 2.75) is 44.3 Å². The summed E-state index contributed by atoms with van der Waals surface area (Å²) in [5.74, 6) is 2.15. The van der Waals surface area contributed by atoms with Crippen molar-refractivity contribution in [2.75, 3.05) is 12.3 Å². The quantitative estimate of drug-likeness (QED) is 0.780. The summed E-state index contributed by atoms with van der Waals surface area (Å²) >= 11 is 1.46. The van der Waals surface area contributed by atoms with Gasteiger partial charge in [-0.15, -0.1) is 10.2 Å². The van der Waals surface area contributed by atoms with E-state index in [1.807, 2.05) is 6.92 Å². The maximum Gasteiger partial charge on any atom is 0.230 e. The van der Waals surface area contributed by atoms with Gasteiger partial charge in [-0.25, -0.2) is 0 Å². The Labute approximate surface area is 105 Å². The Kier molecular flexibility index (Phi) is 4.04. The molecule has 1 heterocycles. The van der Waals surface area contributed by atoms with E-state index in [4.69, 9.17) is 0 Å². The first-order chi connectivity index (χ1) is 8.26. The molecule has 1 aliphatic carbocycles. The molecule has 5 nitrogen and oxygen atoms in total. The molecule has 1 N–H and O–H groups in total. The number of hydrogen-bond acceptors (Lipinski definition) is 4. The van der Waals surface area contributed by atoms with E-state index in [-0.39, 0.29) is 5.91 Å². The highest BCUT2D eigenvalue weighted by molar-refractivity contribution is 7.99. The van der Waals surface area contributed by atoms with Crippen molar-refractivity contribution in [3.05, 3.63) is 5.82 Å². The summed E-state index contributed by atoms with van der Waals surface area (Å²) in [6.45, 7) is 5.55. The smallest absolute Gasteiger partial charge is 0.230 e. The van der Waals surface area contributed by atoms with E-state index >= 15 is 0 Å². The zero-order chi connectivity index (χ0) is 12.3. The molecule has 0 atom stereocenters. The van der Waals surface area contributed by atoms with Crippen LogP contribution >= 0.6 is 11.8 Å². The monoisotopic (exact) mass is 254 g/mol. The number of hydrogen-bond donors (Lipinski definition) is 1. The molecule has 0 bridgehead atoms. The maximum atomic E-state index is 11.4. The lowest BCUT2D eigenvalue weighted by atomic mass is 10.4. The van der Waals surface area contributed by atoms with E-state index in [0.29, 0.717) is 18.2 Å². The van der Waals surface area contributed by atoms with Gasteiger partial charge in [-0.2, -0.15) is 0 Å². The van der Waals surface area contributed by atoms with Crippen LogP contribution in [0.1, 0.15) is 38.4 Å². The molecule has 1 aromatic rings. The molecule has 0 aliphatic heterocycles. The van der Waals surface area contributed by atoms with Gasteiger partial charge in [0.2, 0.25) is 5.91 Å². The summed E-state index contributed by atoms with van der Waals surface area (Å²) in [5.41, 5.74) is 0. The van der Waals surface area contributed by atoms with Crippen LogP contribution < -0.4 is 5.32 Å². The van der Waals surface area contributed by atoms with Crippen LogP contribution in [-0.4, -0.2) is 33.0 Å². The van der Waals surface area contributed by atoms with Crippen LogP contribution in [0.25, 0.3) is 0 Å². The van der Waals surface area contributed by atoms with Gasteiger partial charge in [0.1, 0.15) is 5.82 Å². The largest absolute Gasteiger partial charge is 0.356 e. The van der Waals surface area contributed by atoms with Crippen molar-refractivity contribution >= 4 is 17.7 Å². The molecule has 0 saturated heterocycles. The first-order valence-electron chi connectivity index (χ1n) is 6.08. The number of carbonyl (C=O) groups is 1. The van der Waals surface area contributed by atoms with E-state index in [0.717, 1.165) is 17.5 Å². The highest BCUT2D eigenvalue weighted by atomic mass is 32.2. The summed E-state index contributed by atoms with van der Waals surface area (Å²) in [4.78, 5) is 11.4. The average molecular weight is 254 g/mol. The van der Waals surface area contributed by atoms with Crippen LogP contribution in [-0.2, 0) is 11.3 Å². The lowest BCUT2D eigenvalue weighted by Gasteiger charge is -2.06. The van der Waals surface area contributed by atoms with Crippen molar-refractivity contribution in [1.82, 2.24) is 20.1 Å². The van der Waals surface area contributed by atoms with E-state index in [2.05, 4.69) is 27.0 Å². The molecular formula is C11H18N4OS. The number of thioether (sulfide) groups is 1. The predicted molar refractivity (Wildman–Crippen MR) is 67.1 cm³/mol. The molecule has 0 aromatic carbocycles. The van der Waals surface area contributed by atoms with Gasteiger partial charge in [0.05, 0.1) is 5.75 Å². The zero-order valence-electron chi connectivity index (χ0n) is 10.3. The van der Waals surface area contributed by atoms with Gasteiger partial charge in [0.25, 0.3) is 0 Å². The first kappa shape index (κ1) is 12.4. The molecule has 1 aromatic heterocycles. The second kappa shape index (κ2) is 5.53. The normalized spacial score (nSPS) is 14.9. The van der Waals surface area contributed by atoms with Crippen molar-refractivity contribution in [2.24, 2.45) is 0 Å². The van der Waals surface area contributed by atoms with Crippen LogP contribution in [0.5, 0.6) is 0 Å². The maximum absolute atomic E-state index is 11.4. The minimum atomic E-state index is 0.0520. The molecule has 17 heavy (non-hydrogen) atoms. The Balaban J connectivity index is 1.98. The van der Waals surface area contributed by atoms with Gasteiger partial charge in [0, 0.05) is 19.0 Å². The Morgan fingerprint density at radius 3 is 2.82 bits per heavy atom. The van der Waals surface area contributed by atoms with Crippen molar-refractivity contribution in [1.29, 1.82) is 0 Å². The van der Waals surface area contributed by atoms with Gasteiger partial charge < -0.3 is 9.88 Å². The van der Waals surface area contributed by atoms with E-state index < -0.39 is 0 Å². The Bertz CT molecular complexity index is 400. The number of carbonyl (C=O) groups excluding carboxylic acids is 1. The summed E-state index contributed by atoms with van der Waals surface area (Å²) in [7, 11) is 0. The third-order valence-corrected chi connectivity index (χ3v) is 3.68. The van der Waals surface area contributed by atoms with Gasteiger partial charge in [-0.1, -0.05) is 11.8 Å². The molecule has 6 heteroatoms. The Morgan fingerprint density at radius 1 is 1.47 bits per heavy atom. The minimum Gasteiger partial charge on any atom is -0.356 e. The molecule has 0 spiro atoms. The van der Waals surface area contributed by atoms with Gasteiger partial charge in [0.15, 0.2) is 5.16 Å². The van der Waals surface area contributed by atoms with E-state index in [1.54, 1.807) is 0 Å². The summed E-state index contributed by atoms with van der Waals surface area (Å²) in [5, 5.41) is 12.0. The second-order valence-electron chi connectivity index (χ2n) is 4.10. The molecule has 1 aliphatic rings. The average Bonchev–Trinajstić information content (AvgIpc) is 3.07. The topological polar surface area (TPSA) is 59.8 Å². The number of nitrogens with zero attached hydrogens (tertiary/aromatic N) is 3. The fourth-order valence-electron chi connectivity index (χ4n) is 1.73. The Morgan fingerprint density at radius 2 is 2.24 bits per heavy atom. The van der Waals surface area contributed by atoms with Crippen LogP contribution in [0.4, 0.5) is 0 Å². The third-order valence-electron chi connectivity index (χ3n) is 2.71. The lowest BCUT2D eigenvalue weighted by Crippen LogP contribution is -2.24. The fraction of sp³-hybridized carbons (Fsp3) is 0.727. The molecule has 1 saturated carbocycles. The molecule has 94 valence electrons. The van der Waals surface area contributed by atoms with E-state index in [1.165, 1.54) is 24.6 Å². The number of nitrogens with one attached hydrogen (secondary N) is 1. The van der Waals surface area contributed by atoms with Crippen molar-refractivity contribution in [3.8, 4) is 0 Å². The van der Waals surface area contributed by atoms with Crippen molar-refractivity contribution < 1.29 is 4.79 Å². The fourth-order valence-corrected chi connectivity index (χ4v) is 2.57. The summed E-state index contributed by atoms with van der Waals surface area (Å²) < 4.78 is 2.13. The van der Waals surface area contributed by atoms with Gasteiger partial charge in [-0.3, -0.25) is 4.79 Å². The summed E-state index contributed by atoms with van der Waals surface area (Å²) in [6, 6.07) is 0. The molecule has 1 amide bonds. The number of rotatable bonds is 6. The molecule has 1 fully saturated rings. The Hall–Kier alpha value is -1.04. The predicted octanol–water partition coefficient (Wildman–Crippen LogP) is 1.40. The molecule has 0 radical (unpaired) electrons. The second-order valence-corrected chi connectivity index (χ2v) is 5.04. The van der Waals surface area contributed by atoms with E-state index in [9.17, 15) is 4.79 Å². The third kappa shape index (κ3) is 3.00. The lowest BCUT2D eigenvalue weighted by molar-refractivity contribution is -0.118. The molecule has 2 rings (SSSR count). The SMILES string of the molecule is CCNC(=O)CSc1nnc(C2CC2)n1CC. The zero-order valence-corrected chi connectivity index (χ0v) is 11.1. The highest BCUT2D eigenvalue weighted by Crippen LogP contribution is 2.39.